The minimum Gasteiger partial charge on any atom is -0.368 e. The van der Waals surface area contributed by atoms with Gasteiger partial charge in [-0.1, -0.05) is 13.8 Å². The van der Waals surface area contributed by atoms with Crippen molar-refractivity contribution in [1.82, 2.24) is 10.6 Å². The molecule has 4 N–H and O–H groups in total. The number of rotatable bonds is 7. The zero-order chi connectivity index (χ0) is 11.8. The average Bonchev–Trinajstić information content (AvgIpc) is 2.22. The van der Waals surface area contributed by atoms with Gasteiger partial charge in [-0.15, -0.1) is 0 Å². The molecule has 0 aromatic rings. The molecule has 0 heterocycles. The summed E-state index contributed by atoms with van der Waals surface area (Å²) < 4.78 is 0. The largest absolute Gasteiger partial charge is 0.368 e. The van der Waals surface area contributed by atoms with E-state index < -0.39 is 11.9 Å². The van der Waals surface area contributed by atoms with Crippen molar-refractivity contribution in [3.05, 3.63) is 0 Å². The Morgan fingerprint density at radius 2 is 1.80 bits per heavy atom. The first kappa shape index (κ1) is 13.9. The topological polar surface area (TPSA) is 84.2 Å². The van der Waals surface area contributed by atoms with Crippen molar-refractivity contribution in [2.45, 2.75) is 45.7 Å². The van der Waals surface area contributed by atoms with E-state index >= 15 is 0 Å². The first-order valence-electron chi connectivity index (χ1n) is 5.33. The number of nitrogens with one attached hydrogen (secondary N) is 2. The Bertz CT molecular complexity index is 215. The van der Waals surface area contributed by atoms with Crippen LogP contribution >= 0.6 is 0 Å². The average molecular weight is 215 g/mol. The summed E-state index contributed by atoms with van der Waals surface area (Å²) in [7, 11) is 0. The van der Waals surface area contributed by atoms with Crippen molar-refractivity contribution < 1.29 is 9.59 Å². The van der Waals surface area contributed by atoms with Gasteiger partial charge in [0, 0.05) is 6.04 Å². The predicted molar refractivity (Wildman–Crippen MR) is 59.2 cm³/mol. The van der Waals surface area contributed by atoms with Gasteiger partial charge in [-0.3, -0.25) is 14.9 Å². The minimum absolute atomic E-state index is 0.100. The number of primary amides is 1. The summed E-state index contributed by atoms with van der Waals surface area (Å²) in [5.41, 5.74) is 5.04. The van der Waals surface area contributed by atoms with Crippen molar-refractivity contribution in [1.29, 1.82) is 0 Å². The van der Waals surface area contributed by atoms with Crippen molar-refractivity contribution in [3.63, 3.8) is 0 Å². The van der Waals surface area contributed by atoms with Crippen molar-refractivity contribution in [3.8, 4) is 0 Å². The van der Waals surface area contributed by atoms with Crippen LogP contribution in [0, 0.1) is 0 Å². The minimum atomic E-state index is -0.475. The Labute approximate surface area is 90.8 Å². The SMILES string of the molecule is CCC(CC)NC(=O)CNC(C)C(N)=O. The Morgan fingerprint density at radius 1 is 1.27 bits per heavy atom. The third-order valence-corrected chi connectivity index (χ3v) is 2.35. The molecule has 0 rings (SSSR count). The molecule has 0 aliphatic heterocycles. The molecule has 0 saturated heterocycles. The van der Waals surface area contributed by atoms with Crippen LogP contribution in [0.5, 0.6) is 0 Å². The van der Waals surface area contributed by atoms with Gasteiger partial charge in [0.2, 0.25) is 11.8 Å². The maximum Gasteiger partial charge on any atom is 0.234 e. The van der Waals surface area contributed by atoms with Crippen molar-refractivity contribution in [2.75, 3.05) is 6.54 Å². The third kappa shape index (κ3) is 6.06. The molecule has 5 heteroatoms. The summed E-state index contributed by atoms with van der Waals surface area (Å²) >= 11 is 0. The van der Waals surface area contributed by atoms with Crippen molar-refractivity contribution in [2.24, 2.45) is 5.73 Å². The van der Waals surface area contributed by atoms with Crippen LogP contribution in [-0.2, 0) is 9.59 Å². The number of carbonyl (C=O) groups is 2. The van der Waals surface area contributed by atoms with Crippen molar-refractivity contribution >= 4 is 11.8 Å². The fraction of sp³-hybridized carbons (Fsp3) is 0.800. The van der Waals surface area contributed by atoms with E-state index in [0.717, 1.165) is 12.8 Å². The second-order valence-corrected chi connectivity index (χ2v) is 3.59. The van der Waals surface area contributed by atoms with Crippen LogP contribution in [0.25, 0.3) is 0 Å². The number of hydrogen-bond donors (Lipinski definition) is 3. The monoisotopic (exact) mass is 215 g/mol. The van der Waals surface area contributed by atoms with Gasteiger partial charge in [0.15, 0.2) is 0 Å². The predicted octanol–water partition coefficient (Wildman–Crippen LogP) is -0.245. The second kappa shape index (κ2) is 7.23. The summed E-state index contributed by atoms with van der Waals surface area (Å²) in [5.74, 6) is -0.554. The van der Waals surface area contributed by atoms with Crippen LogP contribution in [0.15, 0.2) is 0 Å². The number of hydrogen-bond acceptors (Lipinski definition) is 3. The molecule has 0 spiro atoms. The van der Waals surface area contributed by atoms with Gasteiger partial charge < -0.3 is 11.1 Å². The molecule has 0 aromatic heterocycles. The van der Waals surface area contributed by atoms with Gasteiger partial charge in [-0.2, -0.15) is 0 Å². The zero-order valence-corrected chi connectivity index (χ0v) is 9.67. The zero-order valence-electron chi connectivity index (χ0n) is 9.67. The lowest BCUT2D eigenvalue weighted by Crippen LogP contribution is -2.46. The lowest BCUT2D eigenvalue weighted by Gasteiger charge is -2.16. The molecule has 0 saturated carbocycles. The number of nitrogens with two attached hydrogens (primary N) is 1. The first-order valence-corrected chi connectivity index (χ1v) is 5.33. The quantitative estimate of drug-likeness (QED) is 0.548. The fourth-order valence-electron chi connectivity index (χ4n) is 1.12. The van der Waals surface area contributed by atoms with Gasteiger partial charge in [0.1, 0.15) is 0 Å². The Balaban J connectivity index is 3.79. The molecule has 2 amide bonds. The molecule has 0 aliphatic carbocycles. The molecule has 1 unspecified atom stereocenters. The van der Waals surface area contributed by atoms with Gasteiger partial charge in [-0.25, -0.2) is 0 Å². The van der Waals surface area contributed by atoms with Gasteiger partial charge in [-0.05, 0) is 19.8 Å². The van der Waals surface area contributed by atoms with E-state index in [1.165, 1.54) is 0 Å². The second-order valence-electron chi connectivity index (χ2n) is 3.59. The Hall–Kier alpha value is -1.10. The summed E-state index contributed by atoms with van der Waals surface area (Å²) in [6.45, 7) is 5.80. The van der Waals surface area contributed by atoms with Crippen LogP contribution < -0.4 is 16.4 Å². The lowest BCUT2D eigenvalue weighted by atomic mass is 10.2. The van der Waals surface area contributed by atoms with E-state index in [9.17, 15) is 9.59 Å². The van der Waals surface area contributed by atoms with Gasteiger partial charge in [0.05, 0.1) is 12.6 Å². The van der Waals surface area contributed by atoms with E-state index in [4.69, 9.17) is 5.73 Å². The summed E-state index contributed by atoms with van der Waals surface area (Å²) in [6.07, 6.45) is 1.82. The molecule has 0 bridgehead atoms. The molecule has 1 atom stereocenters. The highest BCUT2D eigenvalue weighted by Gasteiger charge is 2.11. The molecular weight excluding hydrogens is 194 g/mol. The highest BCUT2D eigenvalue weighted by atomic mass is 16.2. The number of amides is 2. The van der Waals surface area contributed by atoms with Crippen LogP contribution in [0.3, 0.4) is 0 Å². The molecule has 5 nitrogen and oxygen atoms in total. The molecule has 15 heavy (non-hydrogen) atoms. The highest BCUT2D eigenvalue weighted by molar-refractivity contribution is 5.82. The maximum absolute atomic E-state index is 11.4. The highest BCUT2D eigenvalue weighted by Crippen LogP contribution is 1.95. The lowest BCUT2D eigenvalue weighted by molar-refractivity contribution is -0.122. The summed E-state index contributed by atoms with van der Waals surface area (Å²) in [4.78, 5) is 22.0. The van der Waals surface area contributed by atoms with E-state index in [-0.39, 0.29) is 18.5 Å². The van der Waals surface area contributed by atoms with E-state index in [1.54, 1.807) is 6.92 Å². The summed E-state index contributed by atoms with van der Waals surface area (Å²) in [6, 6.07) is -0.263. The van der Waals surface area contributed by atoms with E-state index in [0.29, 0.717) is 0 Å². The normalized spacial score (nSPS) is 12.5. The third-order valence-electron chi connectivity index (χ3n) is 2.35. The van der Waals surface area contributed by atoms with Crippen LogP contribution in [-0.4, -0.2) is 30.4 Å². The van der Waals surface area contributed by atoms with E-state index in [2.05, 4.69) is 10.6 Å². The van der Waals surface area contributed by atoms with Crippen LogP contribution in [0.4, 0.5) is 0 Å². The molecular formula is C10H21N3O2. The smallest absolute Gasteiger partial charge is 0.234 e. The van der Waals surface area contributed by atoms with E-state index in [1.807, 2.05) is 13.8 Å². The molecule has 88 valence electrons. The molecule has 0 radical (unpaired) electrons. The standard InChI is InChI=1S/C10H21N3O2/c1-4-8(5-2)13-9(14)6-12-7(3)10(11)15/h7-8,12H,4-6H2,1-3H3,(H2,11,15)(H,13,14). The van der Waals surface area contributed by atoms with Crippen LogP contribution in [0.2, 0.25) is 0 Å². The molecule has 0 fully saturated rings. The molecule has 0 aliphatic rings. The number of carbonyl (C=O) groups excluding carboxylic acids is 2. The Kier molecular flexibility index (Phi) is 6.70. The van der Waals surface area contributed by atoms with Crippen LogP contribution in [0.1, 0.15) is 33.6 Å². The Morgan fingerprint density at radius 3 is 2.20 bits per heavy atom. The van der Waals surface area contributed by atoms with Gasteiger partial charge in [0.25, 0.3) is 0 Å². The maximum atomic E-state index is 11.4. The first-order chi connectivity index (χ1) is 7.01. The summed E-state index contributed by atoms with van der Waals surface area (Å²) in [5, 5.41) is 5.61. The van der Waals surface area contributed by atoms with Gasteiger partial charge >= 0.3 is 0 Å². The fourth-order valence-corrected chi connectivity index (χ4v) is 1.12. The molecule has 0 aromatic carbocycles.